The van der Waals surface area contributed by atoms with Crippen LogP contribution in [0, 0.1) is 30.2 Å². The first-order valence-corrected chi connectivity index (χ1v) is 12.2. The van der Waals surface area contributed by atoms with Gasteiger partial charge in [-0.1, -0.05) is 6.07 Å². The summed E-state index contributed by atoms with van der Waals surface area (Å²) in [6.45, 7) is 3.25. The number of aliphatic hydroxyl groups excluding tert-OH is 1. The fourth-order valence-electron chi connectivity index (χ4n) is 3.20. The molecule has 4 rings (SSSR count). The molecule has 0 aliphatic rings. The fourth-order valence-corrected chi connectivity index (χ4v) is 3.65. The van der Waals surface area contributed by atoms with Crippen molar-refractivity contribution in [3.63, 3.8) is 0 Å². The van der Waals surface area contributed by atoms with Gasteiger partial charge in [0.1, 0.15) is 24.0 Å². The summed E-state index contributed by atoms with van der Waals surface area (Å²) < 4.78 is 65.8. The van der Waals surface area contributed by atoms with Crippen LogP contribution in [0.15, 0.2) is 65.7 Å². The van der Waals surface area contributed by atoms with Gasteiger partial charge < -0.3 is 19.4 Å². The van der Waals surface area contributed by atoms with Crippen molar-refractivity contribution in [2.75, 3.05) is 6.26 Å². The van der Waals surface area contributed by atoms with Crippen LogP contribution in [0.1, 0.15) is 29.7 Å². The molecule has 0 bridgehead atoms. The van der Waals surface area contributed by atoms with Gasteiger partial charge in [-0.05, 0) is 67.6 Å². The van der Waals surface area contributed by atoms with Gasteiger partial charge in [0, 0.05) is 23.2 Å². The zero-order valence-corrected chi connectivity index (χ0v) is 21.2. The van der Waals surface area contributed by atoms with Gasteiger partial charge in [0.25, 0.3) is 0 Å². The quantitative estimate of drug-likeness (QED) is 0.153. The van der Waals surface area contributed by atoms with E-state index in [0.29, 0.717) is 17.7 Å². The molecule has 1 heterocycles. The summed E-state index contributed by atoms with van der Waals surface area (Å²) in [4.78, 5) is 17.8. The fraction of sp³-hybridized carbons (Fsp3) is 0.148. The maximum atomic E-state index is 14.3. The third-order valence-corrected chi connectivity index (χ3v) is 5.75. The lowest BCUT2D eigenvalue weighted by Crippen LogP contribution is -2.08. The zero-order valence-electron chi connectivity index (χ0n) is 20.4. The molecule has 0 saturated heterocycles. The van der Waals surface area contributed by atoms with Crippen LogP contribution in [0.5, 0.6) is 23.4 Å². The van der Waals surface area contributed by atoms with Gasteiger partial charge in [-0.15, -0.1) is 11.8 Å². The Morgan fingerprint density at radius 2 is 1.47 bits per heavy atom. The molecule has 0 amide bonds. The number of carbonyl (C=O) groups excluding carboxylic acids is 1. The lowest BCUT2D eigenvalue weighted by atomic mass is 9.99. The van der Waals surface area contributed by atoms with E-state index in [1.165, 1.54) is 24.9 Å². The Kier molecular flexibility index (Phi) is 9.80. The molecule has 0 saturated carbocycles. The van der Waals surface area contributed by atoms with Crippen LogP contribution < -0.4 is 9.47 Å². The number of aromatic nitrogens is 2. The molecule has 0 fully saturated rings. The molecule has 1 aromatic heterocycles. The number of halogens is 4. The van der Waals surface area contributed by atoms with Crippen LogP contribution in [0.2, 0.25) is 0 Å². The molecule has 38 heavy (non-hydrogen) atoms. The Labute approximate surface area is 220 Å². The number of hydrogen-bond donors (Lipinski definition) is 1. The molecule has 4 aromatic rings. The van der Waals surface area contributed by atoms with Crippen LogP contribution in [0.3, 0.4) is 0 Å². The summed E-state index contributed by atoms with van der Waals surface area (Å²) in [5.74, 6) is -4.63. The van der Waals surface area contributed by atoms with Gasteiger partial charge in [0.05, 0.1) is 5.56 Å². The number of rotatable bonds is 7. The first kappa shape index (κ1) is 28.6. The summed E-state index contributed by atoms with van der Waals surface area (Å²) in [6, 6.07) is 10.5. The molecule has 11 heteroatoms. The summed E-state index contributed by atoms with van der Waals surface area (Å²) in [5.41, 5.74) is 1.35. The number of aliphatic hydroxyl groups is 1. The summed E-state index contributed by atoms with van der Waals surface area (Å²) in [5, 5.41) is 11.2. The smallest absolute Gasteiger partial charge is 0.325 e. The van der Waals surface area contributed by atoms with E-state index in [-0.39, 0.29) is 22.9 Å². The Morgan fingerprint density at radius 3 is 2.03 bits per heavy atom. The lowest BCUT2D eigenvalue weighted by molar-refractivity contribution is -0.106. The molecule has 0 radical (unpaired) electrons. The van der Waals surface area contributed by atoms with E-state index in [0.717, 1.165) is 41.0 Å². The van der Waals surface area contributed by atoms with E-state index in [9.17, 15) is 22.7 Å². The van der Waals surface area contributed by atoms with Crippen molar-refractivity contribution in [3.05, 3.63) is 101 Å². The molecule has 198 valence electrons. The summed E-state index contributed by atoms with van der Waals surface area (Å²) in [6.07, 6.45) is 2.55. The maximum absolute atomic E-state index is 14.3. The highest BCUT2D eigenvalue weighted by Gasteiger charge is 2.23. The van der Waals surface area contributed by atoms with E-state index < -0.39 is 35.4 Å². The van der Waals surface area contributed by atoms with Crippen molar-refractivity contribution >= 4 is 18.0 Å². The molecular formula is C27H22F4N2O4S. The van der Waals surface area contributed by atoms with Crippen LogP contribution in [-0.2, 0) is 4.79 Å². The SMILES string of the molecule is CC=O.CSc1ccc(C)c(C(O)c2cnc(Oc3ccc(F)cc3F)nc2Oc2ccc(F)cc2F)c1. The molecule has 0 aliphatic heterocycles. The number of nitrogens with zero attached hydrogens (tertiary/aromatic N) is 2. The Bertz CT molecular complexity index is 1440. The van der Waals surface area contributed by atoms with Crippen molar-refractivity contribution in [3.8, 4) is 23.4 Å². The highest BCUT2D eigenvalue weighted by molar-refractivity contribution is 7.98. The highest BCUT2D eigenvalue weighted by Crippen LogP contribution is 2.36. The highest BCUT2D eigenvalue weighted by atomic mass is 32.2. The second-order valence-electron chi connectivity index (χ2n) is 7.63. The van der Waals surface area contributed by atoms with Crippen LogP contribution >= 0.6 is 11.8 Å². The molecule has 1 N–H and O–H groups in total. The van der Waals surface area contributed by atoms with E-state index in [4.69, 9.17) is 14.3 Å². The number of thioether (sulfide) groups is 1. The number of hydrogen-bond acceptors (Lipinski definition) is 7. The standard InChI is InChI=1S/C25H18F4N2O3S.C2H4O/c1-13-3-6-16(35-2)11-17(13)23(32)18-12-30-25(34-22-8-5-15(27)10-20(22)29)31-24(18)33-21-7-4-14(26)9-19(21)28;1-2-3/h3-12,23,32H,1-2H3;2H,1H3. The second kappa shape index (κ2) is 13.0. The normalized spacial score (nSPS) is 11.3. The first-order chi connectivity index (χ1) is 18.2. The Hall–Kier alpha value is -3.96. The average molecular weight is 547 g/mol. The molecule has 3 aromatic carbocycles. The molecule has 1 unspecified atom stereocenters. The van der Waals surface area contributed by atoms with Gasteiger partial charge in [0.15, 0.2) is 23.1 Å². The number of benzene rings is 3. The third kappa shape index (κ3) is 7.08. The summed E-state index contributed by atoms with van der Waals surface area (Å²) in [7, 11) is 0. The third-order valence-electron chi connectivity index (χ3n) is 5.03. The molecule has 1 atom stereocenters. The topological polar surface area (TPSA) is 81.5 Å². The van der Waals surface area contributed by atoms with Crippen LogP contribution in [0.4, 0.5) is 17.6 Å². The van der Waals surface area contributed by atoms with Crippen LogP contribution in [-0.4, -0.2) is 27.6 Å². The van der Waals surface area contributed by atoms with Gasteiger partial charge in [-0.3, -0.25) is 0 Å². The second-order valence-corrected chi connectivity index (χ2v) is 8.51. The predicted octanol–water partition coefficient (Wildman–Crippen LogP) is 6.93. The van der Waals surface area contributed by atoms with Gasteiger partial charge >= 0.3 is 6.01 Å². The lowest BCUT2D eigenvalue weighted by Gasteiger charge is -2.18. The molecule has 0 spiro atoms. The minimum absolute atomic E-state index is 0.0574. The van der Waals surface area contributed by atoms with Crippen molar-refractivity contribution in [2.24, 2.45) is 0 Å². The summed E-state index contributed by atoms with van der Waals surface area (Å²) >= 11 is 1.48. The van der Waals surface area contributed by atoms with Crippen molar-refractivity contribution in [1.29, 1.82) is 0 Å². The molecule has 6 nitrogen and oxygen atoms in total. The monoisotopic (exact) mass is 546 g/mol. The van der Waals surface area contributed by atoms with Crippen molar-refractivity contribution < 1.29 is 36.9 Å². The Balaban J connectivity index is 0.00000127. The minimum Gasteiger partial charge on any atom is -0.435 e. The number of aryl methyl sites for hydroxylation is 1. The van der Waals surface area contributed by atoms with Crippen molar-refractivity contribution in [2.45, 2.75) is 24.8 Å². The average Bonchev–Trinajstić information content (AvgIpc) is 2.88. The predicted molar refractivity (Wildman–Crippen MR) is 134 cm³/mol. The molecular weight excluding hydrogens is 524 g/mol. The Morgan fingerprint density at radius 1 is 0.895 bits per heavy atom. The van der Waals surface area contributed by atoms with Crippen LogP contribution in [0.25, 0.3) is 0 Å². The number of carbonyl (C=O) groups is 1. The molecule has 0 aliphatic carbocycles. The van der Waals surface area contributed by atoms with Gasteiger partial charge in [0.2, 0.25) is 5.88 Å². The van der Waals surface area contributed by atoms with E-state index in [1.807, 2.05) is 18.4 Å². The largest absolute Gasteiger partial charge is 0.435 e. The number of ether oxygens (including phenoxy) is 2. The van der Waals surface area contributed by atoms with E-state index >= 15 is 0 Å². The van der Waals surface area contributed by atoms with Gasteiger partial charge in [-0.25, -0.2) is 22.5 Å². The first-order valence-electron chi connectivity index (χ1n) is 11.0. The van der Waals surface area contributed by atoms with E-state index in [1.54, 1.807) is 13.0 Å². The van der Waals surface area contributed by atoms with E-state index in [2.05, 4.69) is 9.97 Å². The maximum Gasteiger partial charge on any atom is 0.325 e. The zero-order chi connectivity index (χ0) is 27.8. The van der Waals surface area contributed by atoms with Crippen molar-refractivity contribution in [1.82, 2.24) is 9.97 Å². The number of aldehydes is 1. The van der Waals surface area contributed by atoms with Gasteiger partial charge in [-0.2, -0.15) is 4.98 Å². The minimum atomic E-state index is -1.28.